The zero-order valence-corrected chi connectivity index (χ0v) is 18.2. The number of amides is 3. The zero-order chi connectivity index (χ0) is 22.7. The number of rotatable bonds is 6. The van der Waals surface area contributed by atoms with Gasteiger partial charge in [-0.3, -0.25) is 19.8 Å². The molecule has 168 valence electrons. The van der Waals surface area contributed by atoms with Gasteiger partial charge >= 0.3 is 0 Å². The number of hydrogen-bond acceptors (Lipinski definition) is 5. The predicted octanol–water partition coefficient (Wildman–Crippen LogP) is 1.56. The Morgan fingerprint density at radius 1 is 0.938 bits per heavy atom. The number of nitrogens with one attached hydrogen (secondary N) is 2. The van der Waals surface area contributed by atoms with Crippen molar-refractivity contribution in [2.75, 3.05) is 18.1 Å². The van der Waals surface area contributed by atoms with Crippen LogP contribution in [0.25, 0.3) is 0 Å². The molecule has 2 aliphatic heterocycles. The Balaban J connectivity index is 1.35. The van der Waals surface area contributed by atoms with Crippen LogP contribution in [0, 0.1) is 0 Å². The first-order valence-corrected chi connectivity index (χ1v) is 11.9. The molecule has 9 nitrogen and oxygen atoms in total. The highest BCUT2D eigenvalue weighted by Gasteiger charge is 2.27. The molecule has 2 N–H and O–H groups in total. The molecule has 0 spiro atoms. The maximum atomic E-state index is 12.6. The van der Waals surface area contributed by atoms with E-state index in [2.05, 4.69) is 10.7 Å². The van der Waals surface area contributed by atoms with E-state index in [1.54, 1.807) is 48.5 Å². The largest absolute Gasteiger partial charge is 0.348 e. The van der Waals surface area contributed by atoms with Gasteiger partial charge in [0.25, 0.3) is 5.91 Å². The second-order valence-electron chi connectivity index (χ2n) is 7.75. The summed E-state index contributed by atoms with van der Waals surface area (Å²) in [7, 11) is -3.46. The number of carbonyl (C=O) groups excluding carboxylic acids is 3. The van der Waals surface area contributed by atoms with Gasteiger partial charge in [0.2, 0.25) is 21.8 Å². The Labute approximate surface area is 186 Å². The molecule has 0 bridgehead atoms. The third-order valence-electron chi connectivity index (χ3n) is 5.52. The van der Waals surface area contributed by atoms with Gasteiger partial charge in [0, 0.05) is 38.0 Å². The fourth-order valence-electron chi connectivity index (χ4n) is 3.69. The van der Waals surface area contributed by atoms with E-state index in [-0.39, 0.29) is 42.0 Å². The molecule has 32 heavy (non-hydrogen) atoms. The van der Waals surface area contributed by atoms with Crippen molar-refractivity contribution in [2.45, 2.75) is 37.1 Å². The van der Waals surface area contributed by atoms with Crippen LogP contribution in [0.2, 0.25) is 0 Å². The normalized spacial score (nSPS) is 17.3. The average molecular weight is 457 g/mol. The molecule has 4 rings (SSSR count). The van der Waals surface area contributed by atoms with Gasteiger partial charge in [-0.05, 0) is 54.8 Å². The molecule has 0 aliphatic carbocycles. The van der Waals surface area contributed by atoms with Crippen LogP contribution in [0.15, 0.2) is 53.4 Å². The number of benzene rings is 2. The van der Waals surface area contributed by atoms with E-state index in [4.69, 9.17) is 0 Å². The molecule has 0 radical (unpaired) electrons. The molecular weight excluding hydrogens is 432 g/mol. The van der Waals surface area contributed by atoms with Crippen molar-refractivity contribution in [1.82, 2.24) is 15.0 Å². The van der Waals surface area contributed by atoms with Gasteiger partial charge in [0.05, 0.1) is 10.6 Å². The fraction of sp³-hybridized carbons (Fsp3) is 0.318. The van der Waals surface area contributed by atoms with Crippen LogP contribution in [-0.2, 0) is 26.2 Å². The molecule has 0 saturated carbocycles. The Hall–Kier alpha value is -3.24. The molecule has 10 heteroatoms. The summed E-state index contributed by atoms with van der Waals surface area (Å²) in [6.07, 6.45) is 2.08. The van der Waals surface area contributed by atoms with E-state index in [0.717, 1.165) is 18.4 Å². The Bertz CT molecular complexity index is 1120. The molecule has 2 aromatic rings. The monoisotopic (exact) mass is 456 g/mol. The average Bonchev–Trinajstić information content (AvgIpc) is 3.35. The summed E-state index contributed by atoms with van der Waals surface area (Å²) in [5.74, 6) is -0.748. The topological polar surface area (TPSA) is 116 Å². The molecule has 0 atom stereocenters. The van der Waals surface area contributed by atoms with Gasteiger partial charge in [0.1, 0.15) is 0 Å². The summed E-state index contributed by atoms with van der Waals surface area (Å²) in [6.45, 7) is 1.35. The van der Waals surface area contributed by atoms with Gasteiger partial charge in [-0.1, -0.05) is 12.1 Å². The van der Waals surface area contributed by atoms with Crippen molar-refractivity contribution >= 4 is 33.4 Å². The zero-order valence-electron chi connectivity index (χ0n) is 17.4. The molecular formula is C22H24N4O5S. The first kappa shape index (κ1) is 22.0. The summed E-state index contributed by atoms with van der Waals surface area (Å²) < 4.78 is 26.7. The Morgan fingerprint density at radius 3 is 2.25 bits per heavy atom. The van der Waals surface area contributed by atoms with E-state index in [9.17, 15) is 22.8 Å². The van der Waals surface area contributed by atoms with E-state index < -0.39 is 10.0 Å². The third kappa shape index (κ3) is 4.66. The second-order valence-corrected chi connectivity index (χ2v) is 9.69. The number of nitrogens with zero attached hydrogens (tertiary/aromatic N) is 2. The van der Waals surface area contributed by atoms with Crippen molar-refractivity contribution in [3.05, 3.63) is 59.7 Å². The van der Waals surface area contributed by atoms with Crippen molar-refractivity contribution in [3.63, 3.8) is 0 Å². The van der Waals surface area contributed by atoms with Crippen molar-refractivity contribution in [2.24, 2.45) is 0 Å². The highest BCUT2D eigenvalue weighted by molar-refractivity contribution is 7.89. The molecule has 2 aromatic carbocycles. The predicted molar refractivity (Wildman–Crippen MR) is 117 cm³/mol. The summed E-state index contributed by atoms with van der Waals surface area (Å²) in [5, 5.41) is 3.98. The Kier molecular flexibility index (Phi) is 6.24. The standard InChI is InChI=1S/C22H24N4O5S/c27-20-11-12-21(28)26(24-20)18-7-5-17(6-8-18)22(29)23-15-16-3-9-19(10-4-16)32(30,31)25-13-1-2-14-25/h3-10H,1-2,11-15H2,(H,23,29)(H,24,27). The summed E-state index contributed by atoms with van der Waals surface area (Å²) >= 11 is 0. The number of sulfonamides is 1. The minimum atomic E-state index is -3.46. The summed E-state index contributed by atoms with van der Waals surface area (Å²) in [6, 6.07) is 12.8. The van der Waals surface area contributed by atoms with Crippen LogP contribution in [0.4, 0.5) is 5.69 Å². The van der Waals surface area contributed by atoms with Crippen LogP contribution in [0.1, 0.15) is 41.6 Å². The van der Waals surface area contributed by atoms with Crippen molar-refractivity contribution in [1.29, 1.82) is 0 Å². The minimum Gasteiger partial charge on any atom is -0.348 e. The van der Waals surface area contributed by atoms with Gasteiger partial charge in [-0.25, -0.2) is 13.4 Å². The maximum absolute atomic E-state index is 12.6. The van der Waals surface area contributed by atoms with E-state index in [1.807, 2.05) is 0 Å². The number of carbonyl (C=O) groups is 3. The van der Waals surface area contributed by atoms with Crippen LogP contribution in [-0.4, -0.2) is 43.5 Å². The first-order valence-electron chi connectivity index (χ1n) is 10.4. The maximum Gasteiger partial charge on any atom is 0.251 e. The SMILES string of the molecule is O=C1CCC(=O)N(c2ccc(C(=O)NCc3ccc(S(=O)(=O)N4CCCC4)cc3)cc2)N1. The van der Waals surface area contributed by atoms with Gasteiger partial charge in [0.15, 0.2) is 0 Å². The lowest BCUT2D eigenvalue weighted by Crippen LogP contribution is -2.50. The van der Waals surface area contributed by atoms with Crippen LogP contribution >= 0.6 is 0 Å². The fourth-order valence-corrected chi connectivity index (χ4v) is 5.20. The minimum absolute atomic E-state index is 0.145. The lowest BCUT2D eigenvalue weighted by molar-refractivity contribution is -0.130. The lowest BCUT2D eigenvalue weighted by Gasteiger charge is -2.27. The van der Waals surface area contributed by atoms with Gasteiger partial charge < -0.3 is 5.32 Å². The molecule has 0 unspecified atom stereocenters. The molecule has 2 saturated heterocycles. The quantitative estimate of drug-likeness (QED) is 0.684. The van der Waals surface area contributed by atoms with E-state index >= 15 is 0 Å². The Morgan fingerprint density at radius 2 is 1.59 bits per heavy atom. The lowest BCUT2D eigenvalue weighted by atomic mass is 10.1. The van der Waals surface area contributed by atoms with E-state index in [0.29, 0.717) is 24.3 Å². The molecule has 0 aromatic heterocycles. The number of hydrazine groups is 1. The van der Waals surface area contributed by atoms with Gasteiger partial charge in [-0.2, -0.15) is 4.31 Å². The summed E-state index contributed by atoms with van der Waals surface area (Å²) in [5.41, 5.74) is 4.17. The molecule has 2 heterocycles. The molecule has 2 aliphatic rings. The smallest absolute Gasteiger partial charge is 0.251 e. The third-order valence-corrected chi connectivity index (χ3v) is 7.43. The number of hydrogen-bond donors (Lipinski definition) is 2. The summed E-state index contributed by atoms with van der Waals surface area (Å²) in [4.78, 5) is 36.2. The molecule has 2 fully saturated rings. The van der Waals surface area contributed by atoms with Crippen LogP contribution in [0.5, 0.6) is 0 Å². The second kappa shape index (κ2) is 9.09. The van der Waals surface area contributed by atoms with Gasteiger partial charge in [-0.15, -0.1) is 0 Å². The van der Waals surface area contributed by atoms with E-state index in [1.165, 1.54) is 9.31 Å². The molecule has 3 amide bonds. The van der Waals surface area contributed by atoms with Crippen LogP contribution in [0.3, 0.4) is 0 Å². The van der Waals surface area contributed by atoms with Crippen molar-refractivity contribution in [3.8, 4) is 0 Å². The number of anilines is 1. The highest BCUT2D eigenvalue weighted by atomic mass is 32.2. The van der Waals surface area contributed by atoms with Crippen molar-refractivity contribution < 1.29 is 22.8 Å². The van der Waals surface area contributed by atoms with Crippen LogP contribution < -0.4 is 15.8 Å². The first-order chi connectivity index (χ1) is 15.3. The highest BCUT2D eigenvalue weighted by Crippen LogP contribution is 2.21.